The highest BCUT2D eigenvalue weighted by atomic mass is 35.5. The van der Waals surface area contributed by atoms with Gasteiger partial charge < -0.3 is 4.57 Å². The van der Waals surface area contributed by atoms with Gasteiger partial charge in [0.25, 0.3) is 0 Å². The maximum absolute atomic E-state index is 6.53. The molecular weight excluding hydrogens is 431 g/mol. The Kier molecular flexibility index (Phi) is 6.73. The van der Waals surface area contributed by atoms with Crippen LogP contribution in [0, 0.1) is 0 Å². The maximum atomic E-state index is 6.53. The molecule has 0 unspecified atom stereocenters. The number of benzene rings is 3. The largest absolute Gasteiger partial charge is 0.316 e. The van der Waals surface area contributed by atoms with Crippen molar-refractivity contribution in [2.45, 2.75) is 26.3 Å². The maximum Gasteiger partial charge on any atom is 0.190 e. The number of aromatic nitrogens is 1. The lowest BCUT2D eigenvalue weighted by Gasteiger charge is -2.11. The summed E-state index contributed by atoms with van der Waals surface area (Å²) in [6.45, 7) is 2.97. The Bertz CT molecular complexity index is 1190. The second-order valence-corrected chi connectivity index (χ2v) is 8.73. The number of aryl methyl sites for hydroxylation is 2. The average Bonchev–Trinajstić information content (AvgIpc) is 3.15. The molecule has 2 nitrogen and oxygen atoms in total. The van der Waals surface area contributed by atoms with Crippen molar-refractivity contribution in [3.63, 3.8) is 0 Å². The van der Waals surface area contributed by atoms with Crippen LogP contribution in [-0.4, -0.2) is 4.57 Å². The second kappa shape index (κ2) is 9.65. The molecule has 152 valence electrons. The van der Waals surface area contributed by atoms with Crippen molar-refractivity contribution in [1.82, 2.24) is 4.57 Å². The fourth-order valence-electron chi connectivity index (χ4n) is 3.35. The summed E-state index contributed by atoms with van der Waals surface area (Å²) in [5.41, 5.74) is 5.58. The van der Waals surface area contributed by atoms with E-state index in [9.17, 15) is 0 Å². The topological polar surface area (TPSA) is 17.3 Å². The molecule has 0 aliphatic carbocycles. The average molecular weight is 453 g/mol. The third kappa shape index (κ3) is 4.86. The summed E-state index contributed by atoms with van der Waals surface area (Å²) in [5, 5.41) is 3.41. The van der Waals surface area contributed by atoms with E-state index >= 15 is 0 Å². The number of hydrogen-bond acceptors (Lipinski definition) is 2. The first-order valence-electron chi connectivity index (χ1n) is 9.95. The van der Waals surface area contributed by atoms with Crippen molar-refractivity contribution in [1.29, 1.82) is 0 Å². The van der Waals surface area contributed by atoms with Gasteiger partial charge in [-0.3, -0.25) is 0 Å². The monoisotopic (exact) mass is 452 g/mol. The predicted molar refractivity (Wildman–Crippen MR) is 129 cm³/mol. The van der Waals surface area contributed by atoms with Gasteiger partial charge in [-0.05, 0) is 54.3 Å². The zero-order valence-corrected chi connectivity index (χ0v) is 19.0. The quantitative estimate of drug-likeness (QED) is 0.287. The van der Waals surface area contributed by atoms with Crippen molar-refractivity contribution in [2.75, 3.05) is 0 Å². The van der Waals surface area contributed by atoms with E-state index in [1.165, 1.54) is 11.1 Å². The lowest BCUT2D eigenvalue weighted by atomic mass is 10.1. The Morgan fingerprint density at radius 3 is 2.37 bits per heavy atom. The number of hydrogen-bond donors (Lipinski definition) is 0. The van der Waals surface area contributed by atoms with Crippen LogP contribution in [0.15, 0.2) is 83.2 Å². The summed E-state index contributed by atoms with van der Waals surface area (Å²) in [6, 6.07) is 24.6. The van der Waals surface area contributed by atoms with Gasteiger partial charge in [-0.2, -0.15) is 0 Å². The number of halogens is 2. The van der Waals surface area contributed by atoms with Gasteiger partial charge in [0.05, 0.1) is 16.4 Å². The van der Waals surface area contributed by atoms with Gasteiger partial charge in [0.15, 0.2) is 4.80 Å². The summed E-state index contributed by atoms with van der Waals surface area (Å²) < 4.78 is 2.25. The van der Waals surface area contributed by atoms with E-state index in [4.69, 9.17) is 28.2 Å². The molecule has 4 rings (SSSR count). The standard InChI is InChI=1S/C25H22Cl2N2S/c1-2-18-8-11-21(12-9-18)28-25-29(15-14-19-6-4-3-5-7-19)24(17-30-25)22-13-10-20(26)16-23(22)27/h3-13,16-17H,2,14-15H2,1H3. The summed E-state index contributed by atoms with van der Waals surface area (Å²) in [4.78, 5) is 5.89. The van der Waals surface area contributed by atoms with Crippen molar-refractivity contribution in [3.8, 4) is 11.3 Å². The third-order valence-electron chi connectivity index (χ3n) is 5.04. The van der Waals surface area contributed by atoms with Gasteiger partial charge in [0, 0.05) is 22.5 Å². The Hall–Kier alpha value is -2.33. The van der Waals surface area contributed by atoms with Gasteiger partial charge in [-0.1, -0.05) is 72.6 Å². The molecule has 0 N–H and O–H groups in total. The van der Waals surface area contributed by atoms with Gasteiger partial charge in [0.2, 0.25) is 0 Å². The van der Waals surface area contributed by atoms with Crippen molar-refractivity contribution < 1.29 is 0 Å². The summed E-state index contributed by atoms with van der Waals surface area (Å²) >= 11 is 14.3. The van der Waals surface area contributed by atoms with Crippen LogP contribution in [0.25, 0.3) is 11.3 Å². The third-order valence-corrected chi connectivity index (χ3v) is 6.45. The van der Waals surface area contributed by atoms with Crippen molar-refractivity contribution in [3.05, 3.63) is 104 Å². The van der Waals surface area contributed by atoms with E-state index in [0.29, 0.717) is 10.0 Å². The smallest absolute Gasteiger partial charge is 0.190 e. The highest BCUT2D eigenvalue weighted by Crippen LogP contribution is 2.31. The molecule has 0 amide bonds. The van der Waals surface area contributed by atoms with Crippen LogP contribution in [0.5, 0.6) is 0 Å². The highest BCUT2D eigenvalue weighted by molar-refractivity contribution is 7.07. The first-order chi connectivity index (χ1) is 14.6. The first-order valence-corrected chi connectivity index (χ1v) is 11.6. The van der Waals surface area contributed by atoms with Gasteiger partial charge in [-0.25, -0.2) is 4.99 Å². The molecule has 0 spiro atoms. The molecule has 0 aliphatic rings. The minimum atomic E-state index is 0.635. The molecule has 4 aromatic rings. The highest BCUT2D eigenvalue weighted by Gasteiger charge is 2.12. The van der Waals surface area contributed by atoms with Crippen molar-refractivity contribution >= 4 is 40.2 Å². The number of nitrogens with zero attached hydrogens (tertiary/aromatic N) is 2. The molecule has 0 bridgehead atoms. The van der Waals surface area contributed by atoms with Crippen molar-refractivity contribution in [2.24, 2.45) is 4.99 Å². The van der Waals surface area contributed by atoms with Crippen LogP contribution in [-0.2, 0) is 19.4 Å². The minimum absolute atomic E-state index is 0.635. The normalized spacial score (nSPS) is 11.8. The van der Waals surface area contributed by atoms with E-state index in [1.807, 2.05) is 18.2 Å². The van der Waals surface area contributed by atoms with E-state index in [-0.39, 0.29) is 0 Å². The SMILES string of the molecule is CCc1ccc(N=c2scc(-c3ccc(Cl)cc3Cl)n2CCc2ccccc2)cc1. The van der Waals surface area contributed by atoms with Crippen LogP contribution in [0.2, 0.25) is 10.0 Å². The molecule has 0 saturated heterocycles. The van der Waals surface area contributed by atoms with Crippen LogP contribution >= 0.6 is 34.5 Å². The second-order valence-electron chi connectivity index (χ2n) is 7.05. The molecule has 3 aromatic carbocycles. The predicted octanol–water partition coefficient (Wildman–Crippen LogP) is 7.56. The molecule has 1 heterocycles. The van der Waals surface area contributed by atoms with E-state index in [1.54, 1.807) is 17.4 Å². The summed E-state index contributed by atoms with van der Waals surface area (Å²) in [7, 11) is 0. The summed E-state index contributed by atoms with van der Waals surface area (Å²) in [5.74, 6) is 0. The molecule has 0 aliphatic heterocycles. The fraction of sp³-hybridized carbons (Fsp3) is 0.160. The van der Waals surface area contributed by atoms with E-state index in [2.05, 4.69) is 65.4 Å². The fourth-order valence-corrected chi connectivity index (χ4v) is 4.80. The number of thiazole rings is 1. The first kappa shape index (κ1) is 20.9. The van der Waals surface area contributed by atoms with Gasteiger partial charge >= 0.3 is 0 Å². The Balaban J connectivity index is 1.77. The van der Waals surface area contributed by atoms with E-state index < -0.39 is 0 Å². The van der Waals surface area contributed by atoms with Crippen LogP contribution in [0.3, 0.4) is 0 Å². The minimum Gasteiger partial charge on any atom is -0.316 e. The van der Waals surface area contributed by atoms with Gasteiger partial charge in [0.1, 0.15) is 0 Å². The van der Waals surface area contributed by atoms with Crippen LogP contribution in [0.4, 0.5) is 5.69 Å². The number of rotatable bonds is 6. The molecule has 1 aromatic heterocycles. The lowest BCUT2D eigenvalue weighted by Crippen LogP contribution is -2.17. The molecule has 5 heteroatoms. The molecular formula is C25H22Cl2N2S. The zero-order valence-electron chi connectivity index (χ0n) is 16.7. The molecule has 0 saturated carbocycles. The van der Waals surface area contributed by atoms with Crippen LogP contribution in [0.1, 0.15) is 18.1 Å². The molecule has 0 atom stereocenters. The zero-order chi connectivity index (χ0) is 20.9. The Labute approximate surface area is 191 Å². The van der Waals surface area contributed by atoms with Gasteiger partial charge in [-0.15, -0.1) is 11.3 Å². The Morgan fingerprint density at radius 1 is 0.900 bits per heavy atom. The van der Waals surface area contributed by atoms with E-state index in [0.717, 1.165) is 41.1 Å². The summed E-state index contributed by atoms with van der Waals surface area (Å²) in [6.07, 6.45) is 1.94. The molecule has 30 heavy (non-hydrogen) atoms. The lowest BCUT2D eigenvalue weighted by molar-refractivity contribution is 0.684. The van der Waals surface area contributed by atoms with Crippen LogP contribution < -0.4 is 4.80 Å². The molecule has 0 fully saturated rings. The Morgan fingerprint density at radius 2 is 1.67 bits per heavy atom. The molecule has 0 radical (unpaired) electrons.